The van der Waals surface area contributed by atoms with Gasteiger partial charge in [-0.3, -0.25) is 9.69 Å². The summed E-state index contributed by atoms with van der Waals surface area (Å²) >= 11 is 0. The Kier molecular flexibility index (Phi) is 5.36. The van der Waals surface area contributed by atoms with Crippen LogP contribution in [0.25, 0.3) is 0 Å². The molecule has 3 atom stereocenters. The van der Waals surface area contributed by atoms with Crippen molar-refractivity contribution < 1.29 is 9.53 Å². The van der Waals surface area contributed by atoms with E-state index >= 15 is 0 Å². The van der Waals surface area contributed by atoms with Gasteiger partial charge in [0.1, 0.15) is 0 Å². The number of para-hydroxylation sites is 1. The fraction of sp³-hybridized carbons (Fsp3) is 0.667. The molecule has 1 aliphatic rings. The first-order chi connectivity index (χ1) is 11.4. The SMILES string of the molecule is Cc1cccc(C)c1NC(=O)C(C)N1C(C)C(C)(C)OC(C)(C)C1C. The second kappa shape index (κ2) is 6.73. The molecule has 0 saturated carbocycles. The van der Waals surface area contributed by atoms with Gasteiger partial charge in [-0.25, -0.2) is 0 Å². The van der Waals surface area contributed by atoms with E-state index in [1.165, 1.54) is 0 Å². The summed E-state index contributed by atoms with van der Waals surface area (Å²) in [7, 11) is 0. The Balaban J connectivity index is 2.28. The minimum absolute atomic E-state index is 0.0320. The molecule has 0 spiro atoms. The van der Waals surface area contributed by atoms with Crippen molar-refractivity contribution in [3.63, 3.8) is 0 Å². The molecule has 140 valence electrons. The molecular formula is C21H34N2O2. The number of ether oxygens (including phenoxy) is 1. The van der Waals surface area contributed by atoms with Gasteiger partial charge >= 0.3 is 0 Å². The largest absolute Gasteiger partial charge is 0.366 e. The van der Waals surface area contributed by atoms with Crippen molar-refractivity contribution >= 4 is 11.6 Å². The van der Waals surface area contributed by atoms with E-state index < -0.39 is 0 Å². The van der Waals surface area contributed by atoms with Gasteiger partial charge in [0.15, 0.2) is 0 Å². The molecule has 1 heterocycles. The van der Waals surface area contributed by atoms with Crippen LogP contribution in [-0.4, -0.2) is 40.1 Å². The molecule has 1 fully saturated rings. The molecular weight excluding hydrogens is 312 g/mol. The summed E-state index contributed by atoms with van der Waals surface area (Å²) in [6.07, 6.45) is 0. The maximum absolute atomic E-state index is 13.0. The zero-order valence-electron chi connectivity index (χ0n) is 17.2. The molecule has 0 aliphatic carbocycles. The number of carbonyl (C=O) groups is 1. The molecule has 0 bridgehead atoms. The van der Waals surface area contributed by atoms with Crippen LogP contribution in [-0.2, 0) is 9.53 Å². The monoisotopic (exact) mass is 346 g/mol. The lowest BCUT2D eigenvalue weighted by molar-refractivity contribution is -0.236. The highest BCUT2D eigenvalue weighted by Gasteiger charge is 2.50. The second-order valence-corrected chi connectivity index (χ2v) is 8.54. The van der Waals surface area contributed by atoms with Gasteiger partial charge in [0.2, 0.25) is 5.91 Å². The predicted molar refractivity (Wildman–Crippen MR) is 104 cm³/mol. The normalized spacial score (nSPS) is 26.9. The van der Waals surface area contributed by atoms with Gasteiger partial charge in [0, 0.05) is 17.8 Å². The van der Waals surface area contributed by atoms with Crippen LogP contribution in [0.1, 0.15) is 59.6 Å². The van der Waals surface area contributed by atoms with Crippen LogP contribution in [0.4, 0.5) is 5.69 Å². The number of morpholine rings is 1. The molecule has 4 heteroatoms. The van der Waals surface area contributed by atoms with E-state index in [4.69, 9.17) is 4.74 Å². The summed E-state index contributed by atoms with van der Waals surface area (Å²) in [5, 5.41) is 3.15. The summed E-state index contributed by atoms with van der Waals surface area (Å²) in [6.45, 7) is 18.8. The predicted octanol–water partition coefficient (Wildman–Crippen LogP) is 4.30. The molecule has 2 rings (SSSR count). The van der Waals surface area contributed by atoms with E-state index in [-0.39, 0.29) is 35.2 Å². The van der Waals surface area contributed by atoms with E-state index in [1.807, 2.05) is 39.0 Å². The number of carbonyl (C=O) groups excluding carboxylic acids is 1. The van der Waals surface area contributed by atoms with E-state index in [2.05, 4.69) is 51.8 Å². The van der Waals surface area contributed by atoms with Crippen LogP contribution in [0.2, 0.25) is 0 Å². The van der Waals surface area contributed by atoms with Gasteiger partial charge in [-0.2, -0.15) is 0 Å². The summed E-state index contributed by atoms with van der Waals surface area (Å²) in [5.74, 6) is 0.0320. The lowest BCUT2D eigenvalue weighted by Gasteiger charge is -2.57. The van der Waals surface area contributed by atoms with Crippen molar-refractivity contribution in [2.45, 2.75) is 91.6 Å². The molecule has 0 radical (unpaired) electrons. The minimum Gasteiger partial charge on any atom is -0.366 e. The number of aryl methyl sites for hydroxylation is 2. The van der Waals surface area contributed by atoms with Gasteiger partial charge in [-0.05, 0) is 73.4 Å². The zero-order chi connectivity index (χ0) is 19.2. The van der Waals surface area contributed by atoms with Gasteiger partial charge in [0.05, 0.1) is 17.2 Å². The van der Waals surface area contributed by atoms with Crippen molar-refractivity contribution in [2.75, 3.05) is 5.32 Å². The average Bonchev–Trinajstić information content (AvgIpc) is 2.48. The van der Waals surface area contributed by atoms with Gasteiger partial charge in [0.25, 0.3) is 0 Å². The number of hydrogen-bond donors (Lipinski definition) is 1. The van der Waals surface area contributed by atoms with Gasteiger partial charge < -0.3 is 10.1 Å². The van der Waals surface area contributed by atoms with Crippen molar-refractivity contribution in [1.82, 2.24) is 4.90 Å². The highest BCUT2D eigenvalue weighted by molar-refractivity contribution is 5.96. The fourth-order valence-electron chi connectivity index (χ4n) is 3.95. The molecule has 3 unspecified atom stereocenters. The van der Waals surface area contributed by atoms with Gasteiger partial charge in [-0.15, -0.1) is 0 Å². The molecule has 1 aromatic rings. The maximum atomic E-state index is 13.0. The number of nitrogens with one attached hydrogen (secondary N) is 1. The fourth-order valence-corrected chi connectivity index (χ4v) is 3.95. The third-order valence-corrected chi connectivity index (χ3v) is 5.99. The van der Waals surface area contributed by atoms with E-state index in [9.17, 15) is 4.79 Å². The first kappa shape index (κ1) is 19.9. The van der Waals surface area contributed by atoms with Crippen molar-refractivity contribution in [3.05, 3.63) is 29.3 Å². The summed E-state index contributed by atoms with van der Waals surface area (Å²) in [4.78, 5) is 15.3. The van der Waals surface area contributed by atoms with Crippen LogP contribution >= 0.6 is 0 Å². The Morgan fingerprint density at radius 2 is 1.52 bits per heavy atom. The van der Waals surface area contributed by atoms with E-state index in [0.29, 0.717) is 0 Å². The minimum atomic E-state index is -0.316. The van der Waals surface area contributed by atoms with Crippen LogP contribution < -0.4 is 5.32 Å². The Morgan fingerprint density at radius 3 is 1.96 bits per heavy atom. The first-order valence-electron chi connectivity index (χ1n) is 9.23. The second-order valence-electron chi connectivity index (χ2n) is 8.54. The van der Waals surface area contributed by atoms with Crippen molar-refractivity contribution in [2.24, 2.45) is 0 Å². The smallest absolute Gasteiger partial charge is 0.241 e. The number of nitrogens with zero attached hydrogens (tertiary/aromatic N) is 1. The number of anilines is 1. The summed E-state index contributed by atoms with van der Waals surface area (Å²) < 4.78 is 6.33. The van der Waals surface area contributed by atoms with Gasteiger partial charge in [-0.1, -0.05) is 18.2 Å². The number of amides is 1. The number of benzene rings is 1. The molecule has 1 saturated heterocycles. The molecule has 1 aromatic carbocycles. The van der Waals surface area contributed by atoms with E-state index in [0.717, 1.165) is 16.8 Å². The Hall–Kier alpha value is -1.39. The van der Waals surface area contributed by atoms with Crippen LogP contribution in [0.3, 0.4) is 0 Å². The quantitative estimate of drug-likeness (QED) is 0.887. The highest BCUT2D eigenvalue weighted by Crippen LogP contribution is 2.38. The standard InChI is InChI=1S/C21H34N2O2/c1-13-11-10-12-14(2)18(13)22-19(24)15(3)23-16(4)20(6,7)25-21(8,9)17(23)5/h10-12,15-17H,1-9H3,(H,22,24). The summed E-state index contributed by atoms with van der Waals surface area (Å²) in [5.41, 5.74) is 2.46. The summed E-state index contributed by atoms with van der Waals surface area (Å²) in [6, 6.07) is 6.09. The maximum Gasteiger partial charge on any atom is 0.241 e. The lowest BCUT2D eigenvalue weighted by Crippen LogP contribution is -2.69. The van der Waals surface area contributed by atoms with Crippen LogP contribution in [0, 0.1) is 13.8 Å². The number of rotatable bonds is 3. The topological polar surface area (TPSA) is 41.6 Å². The lowest BCUT2D eigenvalue weighted by atomic mass is 9.85. The van der Waals surface area contributed by atoms with Crippen molar-refractivity contribution in [1.29, 1.82) is 0 Å². The Labute approximate surface area is 152 Å². The number of hydrogen-bond acceptors (Lipinski definition) is 3. The molecule has 1 amide bonds. The first-order valence-corrected chi connectivity index (χ1v) is 9.23. The third kappa shape index (κ3) is 3.75. The highest BCUT2D eigenvalue weighted by atomic mass is 16.5. The van der Waals surface area contributed by atoms with Crippen LogP contribution in [0.15, 0.2) is 18.2 Å². The Morgan fingerprint density at radius 1 is 1.08 bits per heavy atom. The molecule has 1 aliphatic heterocycles. The van der Waals surface area contributed by atoms with E-state index in [1.54, 1.807) is 0 Å². The molecule has 0 aromatic heterocycles. The third-order valence-electron chi connectivity index (χ3n) is 5.99. The average molecular weight is 347 g/mol. The van der Waals surface area contributed by atoms with Crippen molar-refractivity contribution in [3.8, 4) is 0 Å². The molecule has 25 heavy (non-hydrogen) atoms. The zero-order valence-corrected chi connectivity index (χ0v) is 17.2. The Bertz CT molecular complexity index is 611. The molecule has 1 N–H and O–H groups in total. The van der Waals surface area contributed by atoms with Crippen LogP contribution in [0.5, 0.6) is 0 Å². The molecule has 4 nitrogen and oxygen atoms in total.